The second-order valence-corrected chi connectivity index (χ2v) is 14.9. The number of aromatic nitrogens is 6. The number of thioether (sulfide) groups is 1. The zero-order chi connectivity index (χ0) is 36.7. The molecule has 274 valence electrons. The van der Waals surface area contributed by atoms with Crippen molar-refractivity contribution in [1.29, 1.82) is 0 Å². The minimum Gasteiger partial charge on any atom is -0.485 e. The Bertz CT molecular complexity index is 2230. The van der Waals surface area contributed by atoms with E-state index in [9.17, 15) is 14.0 Å². The summed E-state index contributed by atoms with van der Waals surface area (Å²) < 4.78 is 27.2. The molecule has 2 amide bonds. The number of rotatable bonds is 11. The second-order valence-electron chi connectivity index (χ2n) is 13.7. The normalized spacial score (nSPS) is 19.0. The van der Waals surface area contributed by atoms with Crippen LogP contribution in [0.3, 0.4) is 0 Å². The topological polar surface area (TPSA) is 143 Å². The monoisotopic (exact) mass is 737 g/mol. The van der Waals surface area contributed by atoms with Crippen molar-refractivity contribution in [3.8, 4) is 34.4 Å². The highest BCUT2D eigenvalue weighted by Gasteiger charge is 2.45. The molecule has 1 atom stereocenters. The number of carbonyl (C=O) groups excluding carboxylic acids is 2. The third-order valence-electron chi connectivity index (χ3n) is 10.1. The molecule has 1 aliphatic carbocycles. The van der Waals surface area contributed by atoms with Crippen LogP contribution in [0.25, 0.3) is 39.3 Å². The van der Waals surface area contributed by atoms with Crippen LogP contribution in [0.4, 0.5) is 10.1 Å². The van der Waals surface area contributed by atoms with Gasteiger partial charge >= 0.3 is 0 Å². The molecule has 5 heterocycles. The fourth-order valence-corrected chi connectivity index (χ4v) is 7.78. The number of hydrogen-bond acceptors (Lipinski definition) is 10. The highest BCUT2D eigenvalue weighted by atomic mass is 32.2. The molecule has 2 fully saturated rings. The molecular formula is C38H40FN9O4S. The Labute approximate surface area is 309 Å². The molecule has 0 spiro atoms. The molecule has 15 heteroatoms. The summed E-state index contributed by atoms with van der Waals surface area (Å²) >= 11 is 1.51. The average molecular weight is 738 g/mol. The second kappa shape index (κ2) is 14.3. The number of pyridine rings is 1. The lowest BCUT2D eigenvalue weighted by atomic mass is 9.98. The average Bonchev–Trinajstić information content (AvgIpc) is 3.50. The van der Waals surface area contributed by atoms with E-state index in [1.165, 1.54) is 28.8 Å². The molecule has 3 aliphatic rings. The first-order chi connectivity index (χ1) is 25.7. The molecule has 0 radical (unpaired) electrons. The zero-order valence-electron chi connectivity index (χ0n) is 29.8. The first-order valence-corrected chi connectivity index (χ1v) is 18.9. The molecule has 3 aromatic heterocycles. The number of anilines is 1. The van der Waals surface area contributed by atoms with Crippen LogP contribution in [0.2, 0.25) is 0 Å². The van der Waals surface area contributed by atoms with Crippen LogP contribution < -0.4 is 14.8 Å². The molecule has 1 saturated heterocycles. The molecular weight excluding hydrogens is 698 g/mol. The maximum absolute atomic E-state index is 15.0. The van der Waals surface area contributed by atoms with Gasteiger partial charge in [-0.05, 0) is 85.5 Å². The van der Waals surface area contributed by atoms with Gasteiger partial charge in [-0.1, -0.05) is 12.1 Å². The van der Waals surface area contributed by atoms with Crippen molar-refractivity contribution in [1.82, 2.24) is 39.7 Å². The van der Waals surface area contributed by atoms with E-state index in [-0.39, 0.29) is 30.3 Å². The largest absolute Gasteiger partial charge is 0.485 e. The lowest BCUT2D eigenvalue weighted by Gasteiger charge is -2.29. The van der Waals surface area contributed by atoms with Crippen molar-refractivity contribution in [2.45, 2.75) is 36.5 Å². The smallest absolute Gasteiger partial charge is 0.257 e. The van der Waals surface area contributed by atoms with E-state index < -0.39 is 4.75 Å². The summed E-state index contributed by atoms with van der Waals surface area (Å²) in [6.45, 7) is 2.29. The summed E-state index contributed by atoms with van der Waals surface area (Å²) in [6, 6.07) is 14.4. The molecule has 5 aromatic rings. The van der Waals surface area contributed by atoms with Gasteiger partial charge < -0.3 is 19.7 Å². The maximum atomic E-state index is 15.0. The number of ether oxygens (including phenoxy) is 2. The number of aryl methyl sites for hydroxylation is 1. The predicted octanol–water partition coefficient (Wildman–Crippen LogP) is 5.17. The van der Waals surface area contributed by atoms with Crippen LogP contribution in [-0.4, -0.2) is 109 Å². The summed E-state index contributed by atoms with van der Waals surface area (Å²) in [5, 5.41) is 15.7. The van der Waals surface area contributed by atoms with Crippen molar-refractivity contribution < 1.29 is 23.5 Å². The quantitative estimate of drug-likeness (QED) is 0.186. The Kier molecular flexibility index (Phi) is 9.37. The van der Waals surface area contributed by atoms with Crippen molar-refractivity contribution in [3.63, 3.8) is 0 Å². The van der Waals surface area contributed by atoms with Gasteiger partial charge in [-0.25, -0.2) is 14.4 Å². The Morgan fingerprint density at radius 1 is 1.13 bits per heavy atom. The molecule has 0 unspecified atom stereocenters. The molecule has 2 aliphatic heterocycles. The highest BCUT2D eigenvalue weighted by molar-refractivity contribution is 8.00. The standard InChI is InChI=1S/C38H40FN9O4S/c1-46-22-40-35(45-46)27-8-4-24(18-29(27)39)23-12-15-48(16-13-23)33(49)20-47-17-14-38(21-47,53-3)37(50)41-25-5-9-30-28(19-25)34(44-43-30)31-10-11-32(36(42-31)51-2)52-26-6-7-26/h4-5,8-12,18-19,22,26H,6-7,13-17,20-21H2,1-3H3,(H,41,50)(H,43,44)/t38-/m0/s1. The lowest BCUT2D eigenvalue weighted by Crippen LogP contribution is -2.45. The summed E-state index contributed by atoms with van der Waals surface area (Å²) in [6.07, 6.45) is 8.99. The van der Waals surface area contributed by atoms with Crippen LogP contribution in [-0.2, 0) is 16.6 Å². The van der Waals surface area contributed by atoms with Crippen LogP contribution in [0.1, 0.15) is 31.2 Å². The van der Waals surface area contributed by atoms with E-state index in [1.54, 1.807) is 20.2 Å². The van der Waals surface area contributed by atoms with Crippen molar-refractivity contribution in [2.75, 3.05) is 51.4 Å². The van der Waals surface area contributed by atoms with Gasteiger partial charge in [-0.2, -0.15) is 10.2 Å². The third kappa shape index (κ3) is 7.10. The van der Waals surface area contributed by atoms with Crippen LogP contribution in [0, 0.1) is 5.82 Å². The molecule has 13 nitrogen and oxygen atoms in total. The number of nitrogens with zero attached hydrogens (tertiary/aromatic N) is 7. The summed E-state index contributed by atoms with van der Waals surface area (Å²) in [7, 11) is 3.31. The number of methoxy groups -OCH3 is 1. The van der Waals surface area contributed by atoms with Crippen LogP contribution >= 0.6 is 11.8 Å². The SMILES string of the molecule is COc1nc(-c2n[nH]c3ccc(NC(=O)[C@]4(SC)CCN(CC(=O)N5CC=C(c6ccc(-c7ncn(C)n7)c(F)c6)CC5)C4)cc23)ccc1OC1CC1. The zero-order valence-corrected chi connectivity index (χ0v) is 30.6. The van der Waals surface area contributed by atoms with Gasteiger partial charge in [0.15, 0.2) is 11.6 Å². The van der Waals surface area contributed by atoms with E-state index >= 15 is 0 Å². The van der Waals surface area contributed by atoms with Gasteiger partial charge in [-0.3, -0.25) is 24.3 Å². The first-order valence-electron chi connectivity index (χ1n) is 17.6. The first kappa shape index (κ1) is 34.8. The Hall–Kier alpha value is -5.28. The molecule has 53 heavy (non-hydrogen) atoms. The summed E-state index contributed by atoms with van der Waals surface area (Å²) in [4.78, 5) is 40.0. The van der Waals surface area contributed by atoms with Gasteiger partial charge in [0.25, 0.3) is 5.88 Å². The molecule has 1 saturated carbocycles. The number of carbonyl (C=O) groups is 2. The van der Waals surface area contributed by atoms with E-state index in [4.69, 9.17) is 9.47 Å². The van der Waals surface area contributed by atoms with Gasteiger partial charge in [0.2, 0.25) is 11.8 Å². The number of hydrogen-bond donors (Lipinski definition) is 2. The predicted molar refractivity (Wildman–Crippen MR) is 201 cm³/mol. The third-order valence-corrected chi connectivity index (χ3v) is 11.4. The lowest BCUT2D eigenvalue weighted by molar-refractivity contribution is -0.132. The van der Waals surface area contributed by atoms with Gasteiger partial charge in [-0.15, -0.1) is 11.8 Å². The van der Waals surface area contributed by atoms with Crippen molar-refractivity contribution in [3.05, 3.63) is 72.3 Å². The van der Waals surface area contributed by atoms with Crippen LogP contribution in [0.5, 0.6) is 11.6 Å². The molecule has 2 aromatic carbocycles. The molecule has 8 rings (SSSR count). The fraction of sp³-hybridized carbons (Fsp3) is 0.368. The number of H-pyrrole nitrogens is 1. The summed E-state index contributed by atoms with van der Waals surface area (Å²) in [5.74, 6) is 0.883. The molecule has 0 bridgehead atoms. The number of likely N-dealkylation sites (tertiary alicyclic amines) is 1. The van der Waals surface area contributed by atoms with E-state index in [0.717, 1.165) is 34.9 Å². The fourth-order valence-electron chi connectivity index (χ4n) is 6.94. The Balaban J connectivity index is 0.892. The van der Waals surface area contributed by atoms with Crippen LogP contribution in [0.15, 0.2) is 60.9 Å². The van der Waals surface area contributed by atoms with Gasteiger partial charge in [0.05, 0.1) is 36.5 Å². The van der Waals surface area contributed by atoms with E-state index in [0.29, 0.717) is 79.1 Å². The Morgan fingerprint density at radius 2 is 2.00 bits per heavy atom. The summed E-state index contributed by atoms with van der Waals surface area (Å²) in [5.41, 5.74) is 4.86. The Morgan fingerprint density at radius 3 is 2.72 bits per heavy atom. The van der Waals surface area contributed by atoms with Gasteiger partial charge in [0.1, 0.15) is 22.6 Å². The number of halogens is 1. The number of nitrogens with one attached hydrogen (secondary N) is 2. The van der Waals surface area contributed by atoms with Crippen molar-refractivity contribution >= 4 is 45.7 Å². The maximum Gasteiger partial charge on any atom is 0.257 e. The van der Waals surface area contributed by atoms with E-state index in [1.807, 2.05) is 53.6 Å². The number of amides is 2. The number of aromatic amines is 1. The highest BCUT2D eigenvalue weighted by Crippen LogP contribution is 2.38. The van der Waals surface area contributed by atoms with Gasteiger partial charge in [0, 0.05) is 44.3 Å². The van der Waals surface area contributed by atoms with Crippen molar-refractivity contribution in [2.24, 2.45) is 7.05 Å². The number of benzene rings is 2. The minimum absolute atomic E-state index is 0.00989. The van der Waals surface area contributed by atoms with E-state index in [2.05, 4.69) is 35.5 Å². The molecule has 2 N–H and O–H groups in total. The minimum atomic E-state index is -0.712. The number of fused-ring (bicyclic) bond motifs is 1.